The first-order chi connectivity index (χ1) is 13.7. The van der Waals surface area contributed by atoms with Gasteiger partial charge in [0.1, 0.15) is 11.4 Å². The number of hydrogen-bond donors (Lipinski definition) is 0. The minimum absolute atomic E-state index is 0.0726. The Morgan fingerprint density at radius 3 is 2.75 bits per heavy atom. The maximum absolute atomic E-state index is 12.9. The number of rotatable bonds is 5. The molecular formula is C21H22N4O3. The number of nitrogens with zero attached hydrogens (tertiary/aromatic N) is 4. The van der Waals surface area contributed by atoms with Gasteiger partial charge in [-0.3, -0.25) is 14.7 Å². The van der Waals surface area contributed by atoms with Crippen molar-refractivity contribution in [3.63, 3.8) is 0 Å². The monoisotopic (exact) mass is 378 g/mol. The Labute approximate surface area is 163 Å². The fourth-order valence-electron chi connectivity index (χ4n) is 3.39. The average molecular weight is 378 g/mol. The SMILES string of the molecule is COc1ccc(N2CCN(Cc3cc(-c4cccnc4)no3)[C@@H](C)C2=O)cc1. The second kappa shape index (κ2) is 7.82. The van der Waals surface area contributed by atoms with Crippen molar-refractivity contribution < 1.29 is 14.1 Å². The summed E-state index contributed by atoms with van der Waals surface area (Å²) in [7, 11) is 1.63. The lowest BCUT2D eigenvalue weighted by Gasteiger charge is -2.38. The van der Waals surface area contributed by atoms with E-state index in [1.54, 1.807) is 19.5 Å². The van der Waals surface area contributed by atoms with Crippen LogP contribution in [0.25, 0.3) is 11.3 Å². The van der Waals surface area contributed by atoms with Gasteiger partial charge in [-0.1, -0.05) is 5.16 Å². The smallest absolute Gasteiger partial charge is 0.244 e. The molecule has 3 aromatic rings. The summed E-state index contributed by atoms with van der Waals surface area (Å²) < 4.78 is 10.7. The fourth-order valence-corrected chi connectivity index (χ4v) is 3.39. The number of hydrogen-bond acceptors (Lipinski definition) is 6. The van der Waals surface area contributed by atoms with Crippen molar-refractivity contribution in [2.24, 2.45) is 0 Å². The second-order valence-electron chi connectivity index (χ2n) is 6.75. The van der Waals surface area contributed by atoms with Crippen LogP contribution in [0.5, 0.6) is 5.75 Å². The van der Waals surface area contributed by atoms with Gasteiger partial charge in [0, 0.05) is 42.8 Å². The van der Waals surface area contributed by atoms with Crippen molar-refractivity contribution in [1.29, 1.82) is 0 Å². The molecule has 4 rings (SSSR count). The zero-order chi connectivity index (χ0) is 19.5. The van der Waals surface area contributed by atoms with Crippen LogP contribution in [0.2, 0.25) is 0 Å². The summed E-state index contributed by atoms with van der Waals surface area (Å²) >= 11 is 0. The van der Waals surface area contributed by atoms with E-state index in [-0.39, 0.29) is 11.9 Å². The predicted molar refractivity (Wildman–Crippen MR) is 105 cm³/mol. The highest BCUT2D eigenvalue weighted by Gasteiger charge is 2.32. The Hall–Kier alpha value is -3.19. The summed E-state index contributed by atoms with van der Waals surface area (Å²) in [5.41, 5.74) is 2.54. The van der Waals surface area contributed by atoms with Crippen molar-refractivity contribution in [2.45, 2.75) is 19.5 Å². The molecule has 2 aromatic heterocycles. The van der Waals surface area contributed by atoms with E-state index < -0.39 is 0 Å². The molecular weight excluding hydrogens is 356 g/mol. The van der Waals surface area contributed by atoms with E-state index in [2.05, 4.69) is 15.0 Å². The largest absolute Gasteiger partial charge is 0.497 e. The Bertz CT molecular complexity index is 940. The number of anilines is 1. The number of carbonyl (C=O) groups is 1. The second-order valence-corrected chi connectivity index (χ2v) is 6.75. The minimum Gasteiger partial charge on any atom is -0.497 e. The molecule has 0 N–H and O–H groups in total. The number of methoxy groups -OCH3 is 1. The molecule has 0 saturated carbocycles. The first kappa shape index (κ1) is 18.2. The quantitative estimate of drug-likeness (QED) is 0.680. The molecule has 1 fully saturated rings. The van der Waals surface area contributed by atoms with Gasteiger partial charge in [0.05, 0.1) is 19.7 Å². The van der Waals surface area contributed by atoms with Crippen LogP contribution in [0.4, 0.5) is 5.69 Å². The van der Waals surface area contributed by atoms with Crippen LogP contribution in [0.1, 0.15) is 12.7 Å². The van der Waals surface area contributed by atoms with Crippen molar-refractivity contribution >= 4 is 11.6 Å². The maximum Gasteiger partial charge on any atom is 0.244 e. The minimum atomic E-state index is -0.247. The van der Waals surface area contributed by atoms with Crippen molar-refractivity contribution in [1.82, 2.24) is 15.0 Å². The zero-order valence-electron chi connectivity index (χ0n) is 15.9. The molecule has 1 saturated heterocycles. The van der Waals surface area contributed by atoms with Crippen molar-refractivity contribution in [3.05, 3.63) is 60.6 Å². The van der Waals surface area contributed by atoms with Crippen LogP contribution >= 0.6 is 0 Å². The number of aromatic nitrogens is 2. The van der Waals surface area contributed by atoms with Crippen LogP contribution in [0.15, 0.2) is 59.4 Å². The summed E-state index contributed by atoms with van der Waals surface area (Å²) in [6.07, 6.45) is 3.47. The van der Waals surface area contributed by atoms with Gasteiger partial charge in [-0.25, -0.2) is 0 Å². The highest BCUT2D eigenvalue weighted by molar-refractivity contribution is 5.97. The van der Waals surface area contributed by atoms with E-state index >= 15 is 0 Å². The highest BCUT2D eigenvalue weighted by atomic mass is 16.5. The van der Waals surface area contributed by atoms with E-state index in [0.717, 1.165) is 35.0 Å². The van der Waals surface area contributed by atoms with Crippen LogP contribution in [0.3, 0.4) is 0 Å². The Kier molecular flexibility index (Phi) is 5.08. The van der Waals surface area contributed by atoms with Crippen LogP contribution in [-0.2, 0) is 11.3 Å². The fraction of sp³-hybridized carbons (Fsp3) is 0.286. The number of amides is 1. The average Bonchev–Trinajstić information content (AvgIpc) is 3.21. The normalized spacial score (nSPS) is 17.7. The number of piperazine rings is 1. The maximum atomic E-state index is 12.9. The topological polar surface area (TPSA) is 71.7 Å². The molecule has 1 aliphatic heterocycles. The van der Waals surface area contributed by atoms with E-state index in [0.29, 0.717) is 13.1 Å². The zero-order valence-corrected chi connectivity index (χ0v) is 15.9. The third-order valence-corrected chi connectivity index (χ3v) is 5.04. The van der Waals surface area contributed by atoms with Gasteiger partial charge in [0.15, 0.2) is 5.76 Å². The lowest BCUT2D eigenvalue weighted by Crippen LogP contribution is -2.55. The van der Waals surface area contributed by atoms with Gasteiger partial charge in [-0.05, 0) is 43.3 Å². The first-order valence-corrected chi connectivity index (χ1v) is 9.21. The van der Waals surface area contributed by atoms with Crippen molar-refractivity contribution in [3.8, 4) is 17.0 Å². The van der Waals surface area contributed by atoms with Gasteiger partial charge in [-0.2, -0.15) is 0 Å². The summed E-state index contributed by atoms with van der Waals surface area (Å²) in [5.74, 6) is 1.58. The van der Waals surface area contributed by atoms with Crippen LogP contribution in [-0.4, -0.2) is 47.2 Å². The molecule has 0 bridgehead atoms. The highest BCUT2D eigenvalue weighted by Crippen LogP contribution is 2.25. The molecule has 7 heteroatoms. The number of carbonyl (C=O) groups excluding carboxylic acids is 1. The summed E-state index contributed by atoms with van der Waals surface area (Å²) in [6.45, 7) is 3.84. The van der Waals surface area contributed by atoms with Gasteiger partial charge in [0.2, 0.25) is 5.91 Å². The van der Waals surface area contributed by atoms with Gasteiger partial charge >= 0.3 is 0 Å². The molecule has 1 atom stereocenters. The van der Waals surface area contributed by atoms with Gasteiger partial charge in [-0.15, -0.1) is 0 Å². The molecule has 0 radical (unpaired) electrons. The van der Waals surface area contributed by atoms with Crippen molar-refractivity contribution in [2.75, 3.05) is 25.1 Å². The summed E-state index contributed by atoms with van der Waals surface area (Å²) in [4.78, 5) is 20.9. The number of pyridine rings is 1. The molecule has 0 unspecified atom stereocenters. The van der Waals surface area contributed by atoms with Gasteiger partial charge < -0.3 is 14.2 Å². The Morgan fingerprint density at radius 1 is 1.21 bits per heavy atom. The molecule has 1 aliphatic rings. The van der Waals surface area contributed by atoms with Crippen LogP contribution < -0.4 is 9.64 Å². The third-order valence-electron chi connectivity index (χ3n) is 5.04. The van der Waals surface area contributed by atoms with E-state index in [9.17, 15) is 4.79 Å². The lowest BCUT2D eigenvalue weighted by atomic mass is 10.1. The molecule has 0 aliphatic carbocycles. The van der Waals surface area contributed by atoms with Crippen LogP contribution in [0, 0.1) is 0 Å². The third kappa shape index (κ3) is 3.61. The standard InChI is InChI=1S/C21H22N4O3/c1-15-21(26)25(17-5-7-18(27-2)8-6-17)11-10-24(15)14-19-12-20(23-28-19)16-4-3-9-22-13-16/h3-9,12-13,15H,10-11,14H2,1-2H3/t15-/m0/s1. The molecule has 3 heterocycles. The number of ether oxygens (including phenoxy) is 1. The Balaban J connectivity index is 1.43. The molecule has 28 heavy (non-hydrogen) atoms. The molecule has 1 aromatic carbocycles. The molecule has 0 spiro atoms. The molecule has 144 valence electrons. The van der Waals surface area contributed by atoms with E-state index in [4.69, 9.17) is 9.26 Å². The molecule has 1 amide bonds. The lowest BCUT2D eigenvalue weighted by molar-refractivity contribution is -0.125. The summed E-state index contributed by atoms with van der Waals surface area (Å²) in [5, 5.41) is 4.13. The predicted octanol–water partition coefficient (Wildman–Crippen LogP) is 2.98. The van der Waals surface area contributed by atoms with E-state index in [1.165, 1.54) is 0 Å². The number of benzene rings is 1. The van der Waals surface area contributed by atoms with E-state index in [1.807, 2.05) is 54.3 Å². The molecule has 7 nitrogen and oxygen atoms in total. The summed E-state index contributed by atoms with van der Waals surface area (Å²) in [6, 6.07) is 13.0. The Morgan fingerprint density at radius 2 is 2.04 bits per heavy atom. The first-order valence-electron chi connectivity index (χ1n) is 9.21. The van der Waals surface area contributed by atoms with Gasteiger partial charge in [0.25, 0.3) is 0 Å².